The fraction of sp³-hybridized carbons (Fsp3) is 0.100. The van der Waals surface area contributed by atoms with Gasteiger partial charge in [-0.05, 0) is 35.0 Å². The summed E-state index contributed by atoms with van der Waals surface area (Å²) in [4.78, 5) is 0. The molecule has 1 heterocycles. The summed E-state index contributed by atoms with van der Waals surface area (Å²) >= 11 is 3.07. The average Bonchev–Trinajstić information content (AvgIpc) is 2.50. The van der Waals surface area contributed by atoms with Crippen molar-refractivity contribution in [1.29, 1.82) is 0 Å². The number of rotatable bonds is 1. The SMILES string of the molecule is Cc1ccc(-n2ncc(Br)c2F)cc1. The minimum atomic E-state index is -0.381. The Hall–Kier alpha value is -1.16. The molecule has 0 aliphatic carbocycles. The van der Waals surface area contributed by atoms with Gasteiger partial charge in [0.25, 0.3) is 0 Å². The van der Waals surface area contributed by atoms with Crippen LogP contribution in [0.5, 0.6) is 0 Å². The van der Waals surface area contributed by atoms with Gasteiger partial charge in [0.2, 0.25) is 5.95 Å². The van der Waals surface area contributed by atoms with Crippen LogP contribution < -0.4 is 0 Å². The fourth-order valence-electron chi connectivity index (χ4n) is 1.18. The van der Waals surface area contributed by atoms with E-state index in [1.165, 1.54) is 10.9 Å². The predicted molar refractivity (Wildman–Crippen MR) is 56.0 cm³/mol. The molecular weight excluding hydrogens is 247 g/mol. The van der Waals surface area contributed by atoms with Crippen LogP contribution in [0.1, 0.15) is 5.56 Å². The maximum absolute atomic E-state index is 13.4. The summed E-state index contributed by atoms with van der Waals surface area (Å²) < 4.78 is 15.0. The molecule has 14 heavy (non-hydrogen) atoms. The maximum atomic E-state index is 13.4. The second-order valence-corrected chi connectivity index (χ2v) is 3.89. The van der Waals surface area contributed by atoms with E-state index in [-0.39, 0.29) is 5.95 Å². The van der Waals surface area contributed by atoms with Crippen molar-refractivity contribution in [2.75, 3.05) is 0 Å². The smallest absolute Gasteiger partial charge is 0.206 e. The van der Waals surface area contributed by atoms with Crippen LogP contribution in [-0.4, -0.2) is 9.78 Å². The highest BCUT2D eigenvalue weighted by Crippen LogP contribution is 2.17. The predicted octanol–water partition coefficient (Wildman–Crippen LogP) is 3.08. The molecule has 0 spiro atoms. The minimum absolute atomic E-state index is 0.373. The van der Waals surface area contributed by atoms with Crippen molar-refractivity contribution in [3.8, 4) is 5.69 Å². The molecule has 4 heteroatoms. The van der Waals surface area contributed by atoms with Crippen molar-refractivity contribution in [1.82, 2.24) is 9.78 Å². The van der Waals surface area contributed by atoms with Gasteiger partial charge in [0.1, 0.15) is 0 Å². The normalized spacial score (nSPS) is 10.5. The zero-order valence-corrected chi connectivity index (χ0v) is 9.12. The Morgan fingerprint density at radius 2 is 1.93 bits per heavy atom. The molecular formula is C10H8BrFN2. The van der Waals surface area contributed by atoms with Crippen molar-refractivity contribution in [3.05, 3.63) is 46.4 Å². The quantitative estimate of drug-likeness (QED) is 0.765. The molecule has 0 unspecified atom stereocenters. The van der Waals surface area contributed by atoms with E-state index in [9.17, 15) is 4.39 Å². The molecule has 72 valence electrons. The van der Waals surface area contributed by atoms with Crippen molar-refractivity contribution in [2.45, 2.75) is 6.92 Å². The first-order valence-corrected chi connectivity index (χ1v) is 4.94. The zero-order valence-electron chi connectivity index (χ0n) is 7.54. The molecule has 2 aromatic rings. The van der Waals surface area contributed by atoms with Gasteiger partial charge in [0.05, 0.1) is 16.4 Å². The molecule has 1 aromatic carbocycles. The number of aromatic nitrogens is 2. The van der Waals surface area contributed by atoms with Crippen LogP contribution in [-0.2, 0) is 0 Å². The van der Waals surface area contributed by atoms with Crippen LogP contribution in [0.4, 0.5) is 4.39 Å². The van der Waals surface area contributed by atoms with Gasteiger partial charge in [-0.2, -0.15) is 9.49 Å². The molecule has 0 aliphatic heterocycles. The second-order valence-electron chi connectivity index (χ2n) is 3.03. The topological polar surface area (TPSA) is 17.8 Å². The van der Waals surface area contributed by atoms with E-state index in [4.69, 9.17) is 0 Å². The third kappa shape index (κ3) is 1.57. The molecule has 0 radical (unpaired) electrons. The molecule has 2 nitrogen and oxygen atoms in total. The van der Waals surface area contributed by atoms with Crippen molar-refractivity contribution >= 4 is 15.9 Å². The van der Waals surface area contributed by atoms with Gasteiger partial charge >= 0.3 is 0 Å². The maximum Gasteiger partial charge on any atom is 0.230 e. The number of hydrogen-bond donors (Lipinski definition) is 0. The Morgan fingerprint density at radius 1 is 1.29 bits per heavy atom. The summed E-state index contributed by atoms with van der Waals surface area (Å²) in [6.45, 7) is 1.99. The fourth-order valence-corrected chi connectivity index (χ4v) is 1.44. The second kappa shape index (κ2) is 3.53. The van der Waals surface area contributed by atoms with E-state index in [1.807, 2.05) is 31.2 Å². The first-order valence-electron chi connectivity index (χ1n) is 4.14. The summed E-state index contributed by atoms with van der Waals surface area (Å²) in [5.74, 6) is -0.381. The van der Waals surface area contributed by atoms with Gasteiger partial charge in [0, 0.05) is 0 Å². The lowest BCUT2D eigenvalue weighted by molar-refractivity contribution is 0.532. The lowest BCUT2D eigenvalue weighted by atomic mass is 10.2. The van der Waals surface area contributed by atoms with Gasteiger partial charge in [-0.25, -0.2) is 4.68 Å². The number of hydrogen-bond acceptors (Lipinski definition) is 1. The van der Waals surface area contributed by atoms with Crippen LogP contribution in [0.15, 0.2) is 34.9 Å². The van der Waals surface area contributed by atoms with Crippen LogP contribution in [0, 0.1) is 12.9 Å². The summed E-state index contributed by atoms with van der Waals surface area (Å²) in [5.41, 5.74) is 1.86. The highest BCUT2D eigenvalue weighted by Gasteiger charge is 2.08. The van der Waals surface area contributed by atoms with Gasteiger partial charge < -0.3 is 0 Å². The molecule has 0 atom stereocenters. The third-order valence-corrected chi connectivity index (χ3v) is 2.48. The van der Waals surface area contributed by atoms with Gasteiger partial charge in [0.15, 0.2) is 0 Å². The van der Waals surface area contributed by atoms with E-state index in [0.717, 1.165) is 11.3 Å². The monoisotopic (exact) mass is 254 g/mol. The van der Waals surface area contributed by atoms with E-state index in [0.29, 0.717) is 4.47 Å². The minimum Gasteiger partial charge on any atom is -0.206 e. The summed E-state index contributed by atoms with van der Waals surface area (Å²) in [5, 5.41) is 3.91. The molecule has 1 aromatic heterocycles. The molecule has 0 saturated heterocycles. The number of benzene rings is 1. The number of halogens is 2. The van der Waals surface area contributed by atoms with E-state index in [1.54, 1.807) is 0 Å². The van der Waals surface area contributed by atoms with E-state index < -0.39 is 0 Å². The third-order valence-electron chi connectivity index (χ3n) is 1.95. The first-order chi connectivity index (χ1) is 6.68. The Balaban J connectivity index is 2.49. The zero-order chi connectivity index (χ0) is 10.1. The van der Waals surface area contributed by atoms with Gasteiger partial charge in [-0.15, -0.1) is 0 Å². The molecule has 0 amide bonds. The van der Waals surface area contributed by atoms with E-state index >= 15 is 0 Å². The first kappa shape index (κ1) is 9.40. The lowest BCUT2D eigenvalue weighted by Crippen LogP contribution is -1.99. The average molecular weight is 255 g/mol. The molecule has 2 rings (SSSR count). The van der Waals surface area contributed by atoms with Crippen LogP contribution in [0.2, 0.25) is 0 Å². The molecule has 0 fully saturated rings. The summed E-state index contributed by atoms with van der Waals surface area (Å²) in [6.07, 6.45) is 1.44. The highest BCUT2D eigenvalue weighted by molar-refractivity contribution is 9.10. The lowest BCUT2D eigenvalue weighted by Gasteiger charge is -2.01. The van der Waals surface area contributed by atoms with E-state index in [2.05, 4.69) is 21.0 Å². The Morgan fingerprint density at radius 3 is 2.43 bits per heavy atom. The Labute approximate surface area is 89.5 Å². The van der Waals surface area contributed by atoms with Crippen molar-refractivity contribution < 1.29 is 4.39 Å². The summed E-state index contributed by atoms with van der Waals surface area (Å²) in [6, 6.07) is 7.50. The largest absolute Gasteiger partial charge is 0.230 e. The van der Waals surface area contributed by atoms with Crippen LogP contribution in [0.3, 0.4) is 0 Å². The molecule has 0 saturated carbocycles. The van der Waals surface area contributed by atoms with Crippen LogP contribution in [0.25, 0.3) is 5.69 Å². The standard InChI is InChI=1S/C10H8BrFN2/c1-7-2-4-8(5-3-7)14-10(12)9(11)6-13-14/h2-6H,1H3. The van der Waals surface area contributed by atoms with Gasteiger partial charge in [-0.3, -0.25) is 0 Å². The Bertz CT molecular complexity index is 448. The molecule has 0 bridgehead atoms. The Kier molecular flexibility index (Phi) is 2.37. The highest BCUT2D eigenvalue weighted by atomic mass is 79.9. The van der Waals surface area contributed by atoms with Crippen molar-refractivity contribution in [2.24, 2.45) is 0 Å². The van der Waals surface area contributed by atoms with Gasteiger partial charge in [-0.1, -0.05) is 17.7 Å². The van der Waals surface area contributed by atoms with Crippen LogP contribution >= 0.6 is 15.9 Å². The molecule has 0 aliphatic rings. The number of aryl methyl sites for hydroxylation is 1. The number of nitrogens with zero attached hydrogens (tertiary/aromatic N) is 2. The molecule has 0 N–H and O–H groups in total. The van der Waals surface area contributed by atoms with Crippen molar-refractivity contribution in [3.63, 3.8) is 0 Å². The summed E-state index contributed by atoms with van der Waals surface area (Å²) in [7, 11) is 0.